The smallest absolute Gasteiger partial charge is 0.410 e. The van der Waals surface area contributed by atoms with Crippen LogP contribution in [-0.4, -0.2) is 60.0 Å². The van der Waals surface area contributed by atoms with Crippen LogP contribution in [0.25, 0.3) is 0 Å². The standard InChI is InChI=1S/C18H27N3O3/c1-17(2,3)24-16(22)20-9-6-18(7-10-20)14-21(11-12-23-18)15-5-4-8-19-13-15/h4-5,8,13H,6-7,9-12,14H2,1-3H3. The van der Waals surface area contributed by atoms with E-state index in [1.54, 1.807) is 11.1 Å². The van der Waals surface area contributed by atoms with E-state index in [0.29, 0.717) is 19.7 Å². The lowest BCUT2D eigenvalue weighted by atomic mass is 9.89. The molecule has 1 amide bonds. The topological polar surface area (TPSA) is 54.9 Å². The van der Waals surface area contributed by atoms with Crippen molar-refractivity contribution < 1.29 is 14.3 Å². The molecule has 0 aliphatic carbocycles. The van der Waals surface area contributed by atoms with Gasteiger partial charge in [-0.2, -0.15) is 0 Å². The van der Waals surface area contributed by atoms with E-state index in [0.717, 1.165) is 31.6 Å². The largest absolute Gasteiger partial charge is 0.444 e. The molecule has 0 atom stereocenters. The van der Waals surface area contributed by atoms with Crippen molar-refractivity contribution in [1.29, 1.82) is 0 Å². The van der Waals surface area contributed by atoms with Gasteiger partial charge in [-0.25, -0.2) is 4.79 Å². The van der Waals surface area contributed by atoms with Gasteiger partial charge in [0.2, 0.25) is 0 Å². The van der Waals surface area contributed by atoms with Crippen molar-refractivity contribution in [3.05, 3.63) is 24.5 Å². The molecular weight excluding hydrogens is 306 g/mol. The number of nitrogens with zero attached hydrogens (tertiary/aromatic N) is 3. The second kappa shape index (κ2) is 6.59. The zero-order valence-corrected chi connectivity index (χ0v) is 14.8. The van der Waals surface area contributed by atoms with Gasteiger partial charge in [0, 0.05) is 32.4 Å². The van der Waals surface area contributed by atoms with Gasteiger partial charge >= 0.3 is 6.09 Å². The molecule has 3 heterocycles. The van der Waals surface area contributed by atoms with Crippen molar-refractivity contribution in [1.82, 2.24) is 9.88 Å². The fourth-order valence-electron chi connectivity index (χ4n) is 3.33. The van der Waals surface area contributed by atoms with E-state index >= 15 is 0 Å². The molecule has 2 saturated heterocycles. The third kappa shape index (κ3) is 3.98. The Morgan fingerprint density at radius 1 is 1.29 bits per heavy atom. The van der Waals surface area contributed by atoms with E-state index < -0.39 is 5.60 Å². The number of aromatic nitrogens is 1. The maximum absolute atomic E-state index is 12.2. The zero-order chi connectivity index (χ0) is 17.2. The second-order valence-electron chi connectivity index (χ2n) is 7.63. The summed E-state index contributed by atoms with van der Waals surface area (Å²) in [5.41, 5.74) is 0.506. The lowest BCUT2D eigenvalue weighted by molar-refractivity contribution is -0.0912. The Morgan fingerprint density at radius 2 is 2.04 bits per heavy atom. The lowest BCUT2D eigenvalue weighted by Gasteiger charge is -2.47. The van der Waals surface area contributed by atoms with E-state index in [-0.39, 0.29) is 11.7 Å². The highest BCUT2D eigenvalue weighted by molar-refractivity contribution is 5.68. The highest BCUT2D eigenvalue weighted by atomic mass is 16.6. The number of hydrogen-bond donors (Lipinski definition) is 0. The molecule has 3 rings (SSSR count). The Kier molecular flexibility index (Phi) is 4.67. The molecule has 24 heavy (non-hydrogen) atoms. The summed E-state index contributed by atoms with van der Waals surface area (Å²) in [4.78, 5) is 20.6. The first kappa shape index (κ1) is 17.0. The number of hydrogen-bond acceptors (Lipinski definition) is 5. The van der Waals surface area contributed by atoms with Crippen molar-refractivity contribution in [2.75, 3.05) is 37.7 Å². The monoisotopic (exact) mass is 333 g/mol. The van der Waals surface area contributed by atoms with Gasteiger partial charge in [-0.3, -0.25) is 4.98 Å². The van der Waals surface area contributed by atoms with Crippen LogP contribution in [0.5, 0.6) is 0 Å². The van der Waals surface area contributed by atoms with Crippen LogP contribution < -0.4 is 4.90 Å². The molecule has 0 aromatic carbocycles. The maximum atomic E-state index is 12.2. The van der Waals surface area contributed by atoms with Crippen LogP contribution in [0.3, 0.4) is 0 Å². The summed E-state index contributed by atoms with van der Waals surface area (Å²) in [5, 5.41) is 0. The Balaban J connectivity index is 1.59. The Bertz CT molecular complexity index is 563. The van der Waals surface area contributed by atoms with Crippen LogP contribution in [0, 0.1) is 0 Å². The molecular formula is C18H27N3O3. The number of ether oxygens (including phenoxy) is 2. The number of likely N-dealkylation sites (tertiary alicyclic amines) is 1. The molecule has 0 saturated carbocycles. The summed E-state index contributed by atoms with van der Waals surface area (Å²) in [7, 11) is 0. The number of carbonyl (C=O) groups excluding carboxylic acids is 1. The summed E-state index contributed by atoms with van der Waals surface area (Å²) in [6, 6.07) is 4.05. The summed E-state index contributed by atoms with van der Waals surface area (Å²) in [6.07, 6.45) is 5.14. The molecule has 2 fully saturated rings. The summed E-state index contributed by atoms with van der Waals surface area (Å²) < 4.78 is 11.6. The number of morpholine rings is 1. The molecule has 1 spiro atoms. The first-order valence-electron chi connectivity index (χ1n) is 8.64. The zero-order valence-electron chi connectivity index (χ0n) is 14.8. The van der Waals surface area contributed by atoms with Gasteiger partial charge in [0.15, 0.2) is 0 Å². The van der Waals surface area contributed by atoms with Gasteiger partial charge < -0.3 is 19.3 Å². The molecule has 2 aliphatic heterocycles. The van der Waals surface area contributed by atoms with Crippen molar-refractivity contribution >= 4 is 11.8 Å². The van der Waals surface area contributed by atoms with Crippen LogP contribution in [-0.2, 0) is 9.47 Å². The molecule has 6 heteroatoms. The van der Waals surface area contributed by atoms with Gasteiger partial charge in [0.05, 0.1) is 24.1 Å². The molecule has 2 aliphatic rings. The first-order valence-corrected chi connectivity index (χ1v) is 8.64. The van der Waals surface area contributed by atoms with Crippen molar-refractivity contribution in [2.24, 2.45) is 0 Å². The number of amides is 1. The van der Waals surface area contributed by atoms with Crippen LogP contribution in [0.2, 0.25) is 0 Å². The van der Waals surface area contributed by atoms with Gasteiger partial charge in [-0.1, -0.05) is 0 Å². The van der Waals surface area contributed by atoms with E-state index in [1.165, 1.54) is 0 Å². The minimum absolute atomic E-state index is 0.174. The fourth-order valence-corrected chi connectivity index (χ4v) is 3.33. The molecule has 132 valence electrons. The van der Waals surface area contributed by atoms with Crippen molar-refractivity contribution in [3.63, 3.8) is 0 Å². The van der Waals surface area contributed by atoms with Crippen molar-refractivity contribution in [2.45, 2.75) is 44.8 Å². The number of pyridine rings is 1. The third-order valence-corrected chi connectivity index (χ3v) is 4.59. The van der Waals surface area contributed by atoms with Crippen molar-refractivity contribution in [3.8, 4) is 0 Å². The van der Waals surface area contributed by atoms with Crippen LogP contribution >= 0.6 is 0 Å². The van der Waals surface area contributed by atoms with Gasteiger partial charge in [0.1, 0.15) is 5.60 Å². The van der Waals surface area contributed by atoms with E-state index in [4.69, 9.17) is 9.47 Å². The summed E-state index contributed by atoms with van der Waals surface area (Å²) >= 11 is 0. The van der Waals surface area contributed by atoms with Crippen LogP contribution in [0.4, 0.5) is 10.5 Å². The Hall–Kier alpha value is -1.82. The average molecular weight is 333 g/mol. The summed E-state index contributed by atoms with van der Waals surface area (Å²) in [5.74, 6) is 0. The summed E-state index contributed by atoms with van der Waals surface area (Å²) in [6.45, 7) is 9.47. The van der Waals surface area contributed by atoms with E-state index in [2.05, 4.69) is 16.0 Å². The molecule has 0 N–H and O–H groups in total. The Morgan fingerprint density at radius 3 is 2.67 bits per heavy atom. The van der Waals surface area contributed by atoms with E-state index in [9.17, 15) is 4.79 Å². The molecule has 0 unspecified atom stereocenters. The number of anilines is 1. The van der Waals surface area contributed by atoms with Crippen LogP contribution in [0.15, 0.2) is 24.5 Å². The van der Waals surface area contributed by atoms with Crippen LogP contribution in [0.1, 0.15) is 33.6 Å². The normalized spacial score (nSPS) is 21.0. The number of rotatable bonds is 1. The SMILES string of the molecule is CC(C)(C)OC(=O)N1CCC2(CC1)CN(c1cccnc1)CCO2. The van der Waals surface area contributed by atoms with Gasteiger partial charge in [-0.15, -0.1) is 0 Å². The molecule has 0 radical (unpaired) electrons. The average Bonchev–Trinajstić information content (AvgIpc) is 2.55. The maximum Gasteiger partial charge on any atom is 0.410 e. The quantitative estimate of drug-likeness (QED) is 0.791. The molecule has 1 aromatic heterocycles. The Labute approximate surface area is 143 Å². The van der Waals surface area contributed by atoms with E-state index in [1.807, 2.05) is 33.0 Å². The second-order valence-corrected chi connectivity index (χ2v) is 7.63. The number of carbonyl (C=O) groups is 1. The fraction of sp³-hybridized carbons (Fsp3) is 0.667. The lowest BCUT2D eigenvalue weighted by Crippen LogP contribution is -2.58. The third-order valence-electron chi connectivity index (χ3n) is 4.59. The van der Waals surface area contributed by atoms with Gasteiger partial charge in [-0.05, 0) is 45.7 Å². The highest BCUT2D eigenvalue weighted by Crippen LogP contribution is 2.32. The molecule has 6 nitrogen and oxygen atoms in total. The predicted molar refractivity (Wildman–Crippen MR) is 92.2 cm³/mol. The molecule has 0 bridgehead atoms. The number of piperidine rings is 1. The minimum Gasteiger partial charge on any atom is -0.444 e. The molecule has 1 aromatic rings. The van der Waals surface area contributed by atoms with Gasteiger partial charge in [0.25, 0.3) is 0 Å². The highest BCUT2D eigenvalue weighted by Gasteiger charge is 2.41. The predicted octanol–water partition coefficient (Wildman–Crippen LogP) is 2.69. The minimum atomic E-state index is -0.454. The first-order chi connectivity index (χ1) is 11.4.